The zero-order valence-electron chi connectivity index (χ0n) is 16.3. The number of carbonyl (C=O) groups excluding carboxylic acids is 1. The Morgan fingerprint density at radius 1 is 1.14 bits per heavy atom. The third-order valence-corrected chi connectivity index (χ3v) is 4.86. The molecular weight excluding hydrogens is 374 g/mol. The second-order valence-corrected chi connectivity index (χ2v) is 7.34. The number of halogens is 1. The van der Waals surface area contributed by atoms with E-state index in [-0.39, 0.29) is 18.4 Å². The number of hydrogen-bond donors (Lipinski definition) is 1. The van der Waals surface area contributed by atoms with Gasteiger partial charge in [-0.1, -0.05) is 41.9 Å². The van der Waals surface area contributed by atoms with Gasteiger partial charge in [0.25, 0.3) is 0 Å². The number of aryl methyl sites for hydroxylation is 1. The van der Waals surface area contributed by atoms with Crippen LogP contribution in [-0.2, 0) is 11.2 Å². The summed E-state index contributed by atoms with van der Waals surface area (Å²) < 4.78 is 5.73. The largest absolute Gasteiger partial charge is 0.441 e. The highest BCUT2D eigenvalue weighted by atomic mass is 35.5. The number of amides is 1. The molecule has 0 spiro atoms. The van der Waals surface area contributed by atoms with E-state index in [1.807, 2.05) is 51.4 Å². The molecule has 0 saturated heterocycles. The van der Waals surface area contributed by atoms with Gasteiger partial charge in [-0.05, 0) is 50.8 Å². The van der Waals surface area contributed by atoms with Crippen LogP contribution in [0.25, 0.3) is 11.5 Å². The Balaban J connectivity index is 1.64. The summed E-state index contributed by atoms with van der Waals surface area (Å²) in [5, 5.41) is 3.67. The molecule has 1 amide bonds. The highest BCUT2D eigenvalue weighted by Crippen LogP contribution is 2.23. The Hall–Kier alpha value is -2.63. The zero-order chi connectivity index (χ0) is 20.1. The Morgan fingerprint density at radius 3 is 2.46 bits per heavy atom. The fraction of sp³-hybridized carbons (Fsp3) is 0.273. The first kappa shape index (κ1) is 20.1. The first-order valence-electron chi connectivity index (χ1n) is 9.14. The molecule has 3 rings (SSSR count). The number of likely N-dealkylation sites (N-methyl/N-ethyl adjacent to an activating group) is 1. The molecule has 6 heteroatoms. The number of nitrogens with one attached hydrogen (secondary N) is 1. The Morgan fingerprint density at radius 2 is 1.82 bits per heavy atom. The highest BCUT2D eigenvalue weighted by Gasteiger charge is 2.18. The van der Waals surface area contributed by atoms with Crippen molar-refractivity contribution in [1.29, 1.82) is 0 Å². The van der Waals surface area contributed by atoms with Crippen molar-refractivity contribution in [2.45, 2.75) is 19.4 Å². The predicted octanol–water partition coefficient (Wildman–Crippen LogP) is 4.27. The average molecular weight is 398 g/mol. The third-order valence-electron chi connectivity index (χ3n) is 4.61. The smallest absolute Gasteiger partial charge is 0.226 e. The molecule has 5 nitrogen and oxygen atoms in total. The normalized spacial score (nSPS) is 12.2. The van der Waals surface area contributed by atoms with Gasteiger partial charge in [0.15, 0.2) is 0 Å². The average Bonchev–Trinajstić information content (AvgIpc) is 3.03. The van der Waals surface area contributed by atoms with Crippen molar-refractivity contribution < 1.29 is 9.21 Å². The van der Waals surface area contributed by atoms with Gasteiger partial charge in [0.1, 0.15) is 5.76 Å². The molecule has 28 heavy (non-hydrogen) atoms. The molecule has 0 aliphatic carbocycles. The molecule has 146 valence electrons. The fourth-order valence-electron chi connectivity index (χ4n) is 3.01. The molecule has 1 aromatic heterocycles. The summed E-state index contributed by atoms with van der Waals surface area (Å²) in [6, 6.07) is 17.5. The number of carbonyl (C=O) groups is 1. The van der Waals surface area contributed by atoms with Crippen LogP contribution in [0.4, 0.5) is 0 Å². The van der Waals surface area contributed by atoms with Gasteiger partial charge in [-0.3, -0.25) is 4.79 Å². The first-order chi connectivity index (χ1) is 13.4. The summed E-state index contributed by atoms with van der Waals surface area (Å²) in [6.45, 7) is 2.35. The van der Waals surface area contributed by atoms with Gasteiger partial charge in [0.2, 0.25) is 11.8 Å². The van der Waals surface area contributed by atoms with Gasteiger partial charge in [0.05, 0.1) is 18.2 Å². The second-order valence-electron chi connectivity index (χ2n) is 6.90. The van der Waals surface area contributed by atoms with Crippen LogP contribution in [0.5, 0.6) is 0 Å². The molecule has 1 N–H and O–H groups in total. The van der Waals surface area contributed by atoms with Crippen LogP contribution >= 0.6 is 11.6 Å². The van der Waals surface area contributed by atoms with E-state index in [0.29, 0.717) is 28.9 Å². The molecular formula is C22H24ClN3O2. The maximum Gasteiger partial charge on any atom is 0.226 e. The van der Waals surface area contributed by atoms with Crippen molar-refractivity contribution in [3.63, 3.8) is 0 Å². The van der Waals surface area contributed by atoms with Crippen molar-refractivity contribution >= 4 is 17.5 Å². The molecule has 0 aliphatic heterocycles. The number of benzene rings is 2. The van der Waals surface area contributed by atoms with Gasteiger partial charge in [0, 0.05) is 17.1 Å². The number of nitrogens with zero attached hydrogens (tertiary/aromatic N) is 2. The summed E-state index contributed by atoms with van der Waals surface area (Å²) in [7, 11) is 4.01. The number of hydrogen-bond acceptors (Lipinski definition) is 4. The number of aromatic nitrogens is 1. The van der Waals surface area contributed by atoms with E-state index < -0.39 is 0 Å². The van der Waals surface area contributed by atoms with Crippen LogP contribution < -0.4 is 5.32 Å². The van der Waals surface area contributed by atoms with Gasteiger partial charge < -0.3 is 14.6 Å². The van der Waals surface area contributed by atoms with Crippen LogP contribution in [0.1, 0.15) is 23.1 Å². The van der Waals surface area contributed by atoms with Crippen LogP contribution in [-0.4, -0.2) is 36.4 Å². The van der Waals surface area contributed by atoms with Crippen molar-refractivity contribution in [2.75, 3.05) is 20.6 Å². The van der Waals surface area contributed by atoms with Crippen LogP contribution in [0, 0.1) is 6.92 Å². The lowest BCUT2D eigenvalue weighted by atomic mass is 10.1. The van der Waals surface area contributed by atoms with E-state index in [1.165, 1.54) is 0 Å². The monoisotopic (exact) mass is 397 g/mol. The standard InChI is InChI=1S/C22H24ClN3O2/c1-15-19(25-22(28-15)17-9-11-18(23)12-10-17)13-21(27)24-14-20(26(2)3)16-7-5-4-6-8-16/h4-12,20H,13-14H2,1-3H3,(H,24,27). The summed E-state index contributed by atoms with van der Waals surface area (Å²) >= 11 is 5.92. The minimum Gasteiger partial charge on any atom is -0.441 e. The van der Waals surface area contributed by atoms with Crippen LogP contribution in [0.15, 0.2) is 59.0 Å². The summed E-state index contributed by atoms with van der Waals surface area (Å²) in [6.07, 6.45) is 0.178. The minimum absolute atomic E-state index is 0.0816. The highest BCUT2D eigenvalue weighted by molar-refractivity contribution is 6.30. The molecule has 1 atom stereocenters. The number of oxazole rings is 1. The lowest BCUT2D eigenvalue weighted by molar-refractivity contribution is -0.120. The van der Waals surface area contributed by atoms with E-state index in [4.69, 9.17) is 16.0 Å². The van der Waals surface area contributed by atoms with E-state index in [1.54, 1.807) is 12.1 Å². The quantitative estimate of drug-likeness (QED) is 0.647. The van der Waals surface area contributed by atoms with E-state index in [0.717, 1.165) is 11.1 Å². The lowest BCUT2D eigenvalue weighted by Crippen LogP contribution is -2.35. The van der Waals surface area contributed by atoms with Crippen molar-refractivity contribution in [2.24, 2.45) is 0 Å². The third kappa shape index (κ3) is 5.00. The maximum absolute atomic E-state index is 12.5. The van der Waals surface area contributed by atoms with Gasteiger partial charge in [-0.25, -0.2) is 4.98 Å². The molecule has 3 aromatic rings. The summed E-state index contributed by atoms with van der Waals surface area (Å²) in [5.41, 5.74) is 2.63. The maximum atomic E-state index is 12.5. The van der Waals surface area contributed by atoms with E-state index >= 15 is 0 Å². The Bertz CT molecular complexity index is 921. The summed E-state index contributed by atoms with van der Waals surface area (Å²) in [5.74, 6) is 1.06. The summed E-state index contributed by atoms with van der Waals surface area (Å²) in [4.78, 5) is 19.1. The van der Waals surface area contributed by atoms with Gasteiger partial charge in [-0.15, -0.1) is 0 Å². The van der Waals surface area contributed by atoms with Crippen LogP contribution in [0.2, 0.25) is 5.02 Å². The zero-order valence-corrected chi connectivity index (χ0v) is 17.0. The molecule has 0 aliphatic rings. The SMILES string of the molecule is Cc1oc(-c2ccc(Cl)cc2)nc1CC(=O)NCC(c1ccccc1)N(C)C. The second kappa shape index (κ2) is 9.04. The molecule has 1 heterocycles. The molecule has 0 saturated carbocycles. The van der Waals surface area contributed by atoms with Crippen LogP contribution in [0.3, 0.4) is 0 Å². The molecule has 0 radical (unpaired) electrons. The minimum atomic E-state index is -0.0816. The molecule has 0 bridgehead atoms. The molecule has 1 unspecified atom stereocenters. The van der Waals surface area contributed by atoms with E-state index in [2.05, 4.69) is 27.3 Å². The van der Waals surface area contributed by atoms with E-state index in [9.17, 15) is 4.79 Å². The fourth-order valence-corrected chi connectivity index (χ4v) is 3.13. The van der Waals surface area contributed by atoms with Gasteiger partial charge in [-0.2, -0.15) is 0 Å². The van der Waals surface area contributed by atoms with Crippen molar-refractivity contribution in [3.8, 4) is 11.5 Å². The van der Waals surface area contributed by atoms with Gasteiger partial charge >= 0.3 is 0 Å². The molecule has 2 aromatic carbocycles. The predicted molar refractivity (Wildman–Crippen MR) is 111 cm³/mol. The first-order valence-corrected chi connectivity index (χ1v) is 9.52. The molecule has 0 fully saturated rings. The van der Waals surface area contributed by atoms with Crippen molar-refractivity contribution in [1.82, 2.24) is 15.2 Å². The number of rotatable bonds is 7. The van der Waals surface area contributed by atoms with Crippen molar-refractivity contribution in [3.05, 3.63) is 76.6 Å². The lowest BCUT2D eigenvalue weighted by Gasteiger charge is -2.25. The Kier molecular flexibility index (Phi) is 6.49. The topological polar surface area (TPSA) is 58.4 Å². The Labute approximate surface area is 170 Å².